The highest BCUT2D eigenvalue weighted by Gasteiger charge is 2.32. The first-order chi connectivity index (χ1) is 17.1. The smallest absolute Gasteiger partial charge is 0.406 e. The number of benzene rings is 2. The fourth-order valence-electron chi connectivity index (χ4n) is 4.68. The van der Waals surface area contributed by atoms with Crippen LogP contribution in [0.4, 0.5) is 17.6 Å². The molecule has 1 unspecified atom stereocenters. The van der Waals surface area contributed by atoms with Crippen molar-refractivity contribution in [2.75, 3.05) is 13.1 Å². The van der Waals surface area contributed by atoms with Gasteiger partial charge >= 0.3 is 6.36 Å². The van der Waals surface area contributed by atoms with Gasteiger partial charge in [0.1, 0.15) is 11.6 Å². The Hall–Kier alpha value is -2.66. The van der Waals surface area contributed by atoms with Crippen LogP contribution < -0.4 is 4.74 Å². The van der Waals surface area contributed by atoms with E-state index in [-0.39, 0.29) is 35.8 Å². The van der Waals surface area contributed by atoms with E-state index >= 15 is 0 Å². The molecule has 1 aliphatic carbocycles. The van der Waals surface area contributed by atoms with Gasteiger partial charge in [0.05, 0.1) is 10.6 Å². The number of hydrogen-bond donors (Lipinski definition) is 0. The van der Waals surface area contributed by atoms with Crippen molar-refractivity contribution in [3.8, 4) is 5.75 Å². The largest absolute Gasteiger partial charge is 0.573 e. The Labute approximate surface area is 207 Å². The third-order valence-electron chi connectivity index (χ3n) is 6.57. The molecule has 1 atom stereocenters. The van der Waals surface area contributed by atoms with Crippen molar-refractivity contribution in [3.63, 3.8) is 0 Å². The SMILES string of the molecule is O=S(=O)(c1ccc(OC(F)(F)F)cc1)N1CCC(=NOC(c2ccc(F)cc2)C2CCCCC2)CC1. The molecule has 1 saturated heterocycles. The third-order valence-corrected chi connectivity index (χ3v) is 8.48. The normalized spacial score (nSPS) is 19.1. The fraction of sp³-hybridized carbons (Fsp3) is 0.480. The molecular weight excluding hydrogens is 500 g/mol. The number of ether oxygens (including phenoxy) is 1. The monoisotopic (exact) mass is 528 g/mol. The van der Waals surface area contributed by atoms with E-state index in [1.807, 2.05) is 0 Å². The van der Waals surface area contributed by atoms with Crippen molar-refractivity contribution in [1.82, 2.24) is 4.31 Å². The van der Waals surface area contributed by atoms with E-state index in [4.69, 9.17) is 4.84 Å². The number of oxime groups is 1. The number of piperidine rings is 1. The van der Waals surface area contributed by atoms with Gasteiger partial charge in [0.15, 0.2) is 6.10 Å². The highest BCUT2D eigenvalue weighted by molar-refractivity contribution is 7.89. The van der Waals surface area contributed by atoms with Crippen molar-refractivity contribution in [3.05, 3.63) is 59.9 Å². The van der Waals surface area contributed by atoms with Crippen LogP contribution in [0.5, 0.6) is 5.75 Å². The molecule has 1 heterocycles. The van der Waals surface area contributed by atoms with Crippen molar-refractivity contribution >= 4 is 15.7 Å². The summed E-state index contributed by atoms with van der Waals surface area (Å²) in [6, 6.07) is 10.4. The van der Waals surface area contributed by atoms with Crippen LogP contribution in [0, 0.1) is 11.7 Å². The molecule has 36 heavy (non-hydrogen) atoms. The molecule has 6 nitrogen and oxygen atoms in total. The minimum absolute atomic E-state index is 0.109. The van der Waals surface area contributed by atoms with Gasteiger partial charge in [-0.2, -0.15) is 4.31 Å². The second-order valence-electron chi connectivity index (χ2n) is 9.06. The van der Waals surface area contributed by atoms with Gasteiger partial charge < -0.3 is 9.57 Å². The highest BCUT2D eigenvalue weighted by atomic mass is 32.2. The Kier molecular flexibility index (Phi) is 8.19. The maximum absolute atomic E-state index is 13.4. The van der Waals surface area contributed by atoms with Crippen molar-refractivity contribution < 1.29 is 35.6 Å². The summed E-state index contributed by atoms with van der Waals surface area (Å²) in [5.41, 5.74) is 1.60. The Morgan fingerprint density at radius 3 is 2.11 bits per heavy atom. The Morgan fingerprint density at radius 1 is 0.917 bits per heavy atom. The van der Waals surface area contributed by atoms with Gasteiger partial charge in [0, 0.05) is 31.8 Å². The van der Waals surface area contributed by atoms with Crippen LogP contribution in [0.1, 0.15) is 56.6 Å². The number of hydrogen-bond acceptors (Lipinski definition) is 5. The van der Waals surface area contributed by atoms with Crippen LogP contribution in [-0.2, 0) is 14.9 Å². The molecule has 0 amide bonds. The lowest BCUT2D eigenvalue weighted by Gasteiger charge is -2.30. The molecule has 196 valence electrons. The molecule has 2 aromatic rings. The lowest BCUT2D eigenvalue weighted by Crippen LogP contribution is -2.38. The van der Waals surface area contributed by atoms with E-state index in [0.29, 0.717) is 12.8 Å². The van der Waals surface area contributed by atoms with Gasteiger partial charge in [-0.3, -0.25) is 0 Å². The minimum Gasteiger partial charge on any atom is -0.406 e. The number of alkyl halides is 3. The summed E-state index contributed by atoms with van der Waals surface area (Å²) < 4.78 is 81.4. The summed E-state index contributed by atoms with van der Waals surface area (Å²) in [6.45, 7) is 0.353. The molecule has 0 aromatic heterocycles. The molecule has 2 fully saturated rings. The molecule has 0 bridgehead atoms. The fourth-order valence-corrected chi connectivity index (χ4v) is 6.12. The predicted molar refractivity (Wildman–Crippen MR) is 125 cm³/mol. The van der Waals surface area contributed by atoms with Crippen molar-refractivity contribution in [2.24, 2.45) is 11.1 Å². The zero-order chi connectivity index (χ0) is 25.8. The van der Waals surface area contributed by atoms with Crippen molar-refractivity contribution in [1.29, 1.82) is 0 Å². The zero-order valence-electron chi connectivity index (χ0n) is 19.6. The molecule has 0 N–H and O–H groups in total. The highest BCUT2D eigenvalue weighted by Crippen LogP contribution is 2.37. The molecule has 11 heteroatoms. The first kappa shape index (κ1) is 26.4. The molecule has 1 aliphatic heterocycles. The summed E-state index contributed by atoms with van der Waals surface area (Å²) in [7, 11) is -3.88. The lowest BCUT2D eigenvalue weighted by atomic mass is 9.83. The van der Waals surface area contributed by atoms with E-state index in [1.165, 1.54) is 22.9 Å². The summed E-state index contributed by atoms with van der Waals surface area (Å²) in [5, 5.41) is 4.37. The topological polar surface area (TPSA) is 68.2 Å². The Morgan fingerprint density at radius 2 is 1.53 bits per heavy atom. The summed E-state index contributed by atoms with van der Waals surface area (Å²) in [4.78, 5) is 5.89. The van der Waals surface area contributed by atoms with E-state index < -0.39 is 22.1 Å². The maximum Gasteiger partial charge on any atom is 0.573 e. The van der Waals surface area contributed by atoms with Crippen molar-refractivity contribution in [2.45, 2.75) is 62.3 Å². The standard InChI is InChI=1S/C25H28F4N2O4S/c26-20-8-6-19(7-9-20)24(18-4-2-1-3-5-18)35-30-21-14-16-31(17-15-21)36(32,33)23-12-10-22(11-13-23)34-25(27,28)29/h6-13,18,24H,1-5,14-17H2. The molecule has 1 saturated carbocycles. The molecule has 0 radical (unpaired) electrons. The van der Waals surface area contributed by atoms with Gasteiger partial charge in [-0.05, 0) is 54.8 Å². The molecule has 2 aliphatic rings. The van der Waals surface area contributed by atoms with Gasteiger partial charge in [0.2, 0.25) is 10.0 Å². The van der Waals surface area contributed by atoms with Gasteiger partial charge in [-0.15, -0.1) is 13.2 Å². The van der Waals surface area contributed by atoms with Crippen LogP contribution in [0.15, 0.2) is 58.6 Å². The summed E-state index contributed by atoms with van der Waals surface area (Å²) in [6.07, 6.45) is 1.01. The number of nitrogens with zero attached hydrogens (tertiary/aromatic N) is 2. The van der Waals surface area contributed by atoms with Crippen LogP contribution in [-0.4, -0.2) is 37.9 Å². The first-order valence-corrected chi connectivity index (χ1v) is 13.4. The molecule has 2 aromatic carbocycles. The second-order valence-corrected chi connectivity index (χ2v) is 11.0. The number of halogens is 4. The van der Waals surface area contributed by atoms with Gasteiger partial charge in [-0.1, -0.05) is 36.6 Å². The van der Waals surface area contributed by atoms with Crippen LogP contribution in [0.25, 0.3) is 0 Å². The molecule has 4 rings (SSSR count). The first-order valence-electron chi connectivity index (χ1n) is 11.9. The van der Waals surface area contributed by atoms with E-state index in [9.17, 15) is 26.0 Å². The summed E-state index contributed by atoms with van der Waals surface area (Å²) >= 11 is 0. The Balaban J connectivity index is 1.39. The number of sulfonamides is 1. The average molecular weight is 529 g/mol. The van der Waals surface area contributed by atoms with Crippen LogP contribution in [0.2, 0.25) is 0 Å². The van der Waals surface area contributed by atoms with Gasteiger partial charge in [0.25, 0.3) is 0 Å². The third kappa shape index (κ3) is 6.76. The summed E-state index contributed by atoms with van der Waals surface area (Å²) in [5.74, 6) is -0.526. The quantitative estimate of drug-likeness (QED) is 0.317. The second kappa shape index (κ2) is 11.2. The molecular formula is C25H28F4N2O4S. The number of rotatable bonds is 7. The van der Waals surface area contributed by atoms with Gasteiger partial charge in [-0.25, -0.2) is 12.8 Å². The molecule has 0 spiro atoms. The van der Waals surface area contributed by atoms with E-state index in [0.717, 1.165) is 61.2 Å². The van der Waals surface area contributed by atoms with Crippen LogP contribution >= 0.6 is 0 Å². The average Bonchev–Trinajstić information content (AvgIpc) is 2.85. The zero-order valence-corrected chi connectivity index (χ0v) is 20.4. The maximum atomic E-state index is 13.4. The predicted octanol–water partition coefficient (Wildman–Crippen LogP) is 6.20. The van der Waals surface area contributed by atoms with E-state index in [1.54, 1.807) is 12.1 Å². The lowest BCUT2D eigenvalue weighted by molar-refractivity contribution is -0.274. The minimum atomic E-state index is -4.85. The van der Waals surface area contributed by atoms with Crippen LogP contribution in [0.3, 0.4) is 0 Å². The van der Waals surface area contributed by atoms with E-state index in [2.05, 4.69) is 9.89 Å². The Bertz CT molecular complexity index is 1140.